The highest BCUT2D eigenvalue weighted by Crippen LogP contribution is 2.34. The topological polar surface area (TPSA) is 91.7 Å². The molecular weight excluding hydrogens is 465 g/mol. The summed E-state index contributed by atoms with van der Waals surface area (Å²) in [5.41, 5.74) is 1.81. The maximum atomic E-state index is 13.9. The number of amides is 1. The second kappa shape index (κ2) is 10.7. The highest BCUT2D eigenvalue weighted by Gasteiger charge is 2.26. The molecule has 4 aromatic rings. The maximum absolute atomic E-state index is 13.9. The lowest BCUT2D eigenvalue weighted by Crippen LogP contribution is -2.30. The highest BCUT2D eigenvalue weighted by molar-refractivity contribution is 5.99. The van der Waals surface area contributed by atoms with Crippen LogP contribution in [0.5, 0.6) is 11.5 Å². The number of hydrogen-bond donors (Lipinski definition) is 1. The molecule has 1 heterocycles. The number of nitrogens with zero attached hydrogens (tertiary/aromatic N) is 2. The first-order valence-corrected chi connectivity index (χ1v) is 11.0. The van der Waals surface area contributed by atoms with Crippen LogP contribution in [0.2, 0.25) is 0 Å². The van der Waals surface area contributed by atoms with Crippen molar-refractivity contribution in [2.45, 2.75) is 13.0 Å². The predicted molar refractivity (Wildman–Crippen MR) is 132 cm³/mol. The number of hydrogen-bond acceptors (Lipinski definition) is 6. The third-order valence-corrected chi connectivity index (χ3v) is 5.41. The average molecular weight is 490 g/mol. The summed E-state index contributed by atoms with van der Waals surface area (Å²) < 4.78 is 31.6. The van der Waals surface area contributed by atoms with Gasteiger partial charge in [0.05, 0.1) is 25.6 Å². The Labute approximate surface area is 207 Å². The summed E-state index contributed by atoms with van der Waals surface area (Å²) in [6.45, 7) is 1.40. The lowest BCUT2D eigenvalue weighted by Gasteiger charge is -2.14. The van der Waals surface area contributed by atoms with Crippen LogP contribution < -0.4 is 14.8 Å². The van der Waals surface area contributed by atoms with Crippen LogP contribution in [-0.4, -0.2) is 42.0 Å². The van der Waals surface area contributed by atoms with Gasteiger partial charge in [-0.3, -0.25) is 4.79 Å². The van der Waals surface area contributed by atoms with E-state index in [1.54, 1.807) is 35.1 Å². The molecule has 0 saturated carbocycles. The van der Waals surface area contributed by atoms with Gasteiger partial charge in [-0.05, 0) is 48.9 Å². The maximum Gasteiger partial charge on any atom is 0.360 e. The van der Waals surface area contributed by atoms with Crippen molar-refractivity contribution in [3.63, 3.8) is 0 Å². The minimum atomic E-state index is -1.21. The molecule has 0 aliphatic heterocycles. The molecule has 1 atom stereocenters. The molecule has 3 aromatic carbocycles. The molecule has 9 heteroatoms. The van der Waals surface area contributed by atoms with Crippen LogP contribution in [0.3, 0.4) is 0 Å². The summed E-state index contributed by atoms with van der Waals surface area (Å²) in [6.07, 6.45) is 0.481. The molecule has 1 N–H and O–H groups in total. The Morgan fingerprint density at radius 3 is 2.33 bits per heavy atom. The summed E-state index contributed by atoms with van der Waals surface area (Å²) in [5, 5.41) is 6.87. The van der Waals surface area contributed by atoms with Crippen molar-refractivity contribution in [1.82, 2.24) is 9.78 Å². The molecule has 8 nitrogen and oxygen atoms in total. The normalized spacial score (nSPS) is 11.4. The Kier molecular flexibility index (Phi) is 7.29. The molecule has 0 radical (unpaired) electrons. The molecule has 1 amide bonds. The number of halogens is 1. The molecule has 0 aliphatic rings. The first-order chi connectivity index (χ1) is 17.4. The van der Waals surface area contributed by atoms with Gasteiger partial charge in [-0.1, -0.05) is 36.4 Å². The summed E-state index contributed by atoms with van der Waals surface area (Å²) in [6, 6.07) is 20.2. The summed E-state index contributed by atoms with van der Waals surface area (Å²) in [5.74, 6) is -1.09. The predicted octanol–water partition coefficient (Wildman–Crippen LogP) is 4.88. The molecule has 184 valence electrons. The first kappa shape index (κ1) is 24.5. The fourth-order valence-corrected chi connectivity index (χ4v) is 3.52. The average Bonchev–Trinajstić information content (AvgIpc) is 3.36. The summed E-state index contributed by atoms with van der Waals surface area (Å²) >= 11 is 0. The van der Waals surface area contributed by atoms with Crippen molar-refractivity contribution >= 4 is 17.6 Å². The van der Waals surface area contributed by atoms with E-state index in [0.29, 0.717) is 22.6 Å². The van der Waals surface area contributed by atoms with Gasteiger partial charge in [-0.15, -0.1) is 0 Å². The van der Waals surface area contributed by atoms with Crippen LogP contribution in [-0.2, 0) is 9.53 Å². The van der Waals surface area contributed by atoms with Gasteiger partial charge >= 0.3 is 5.97 Å². The van der Waals surface area contributed by atoms with Crippen LogP contribution in [0.1, 0.15) is 17.4 Å². The largest absolute Gasteiger partial charge is 0.493 e. The van der Waals surface area contributed by atoms with Gasteiger partial charge in [0.2, 0.25) is 0 Å². The van der Waals surface area contributed by atoms with E-state index >= 15 is 0 Å². The smallest absolute Gasteiger partial charge is 0.360 e. The number of carbonyl (C=O) groups is 2. The van der Waals surface area contributed by atoms with E-state index in [1.807, 2.05) is 30.3 Å². The van der Waals surface area contributed by atoms with Crippen molar-refractivity contribution in [3.8, 4) is 28.3 Å². The van der Waals surface area contributed by atoms with Crippen LogP contribution >= 0.6 is 0 Å². The number of aromatic nitrogens is 2. The molecule has 0 saturated heterocycles. The number of esters is 1. The van der Waals surface area contributed by atoms with E-state index in [4.69, 9.17) is 14.2 Å². The quantitative estimate of drug-likeness (QED) is 0.355. The van der Waals surface area contributed by atoms with E-state index in [2.05, 4.69) is 10.4 Å². The van der Waals surface area contributed by atoms with E-state index in [-0.39, 0.29) is 11.4 Å². The van der Waals surface area contributed by atoms with Crippen LogP contribution in [0.15, 0.2) is 79.0 Å². The molecular formula is C27H24FN3O5. The number of rotatable bonds is 8. The van der Waals surface area contributed by atoms with Gasteiger partial charge in [0.1, 0.15) is 5.82 Å². The van der Waals surface area contributed by atoms with Crippen molar-refractivity contribution in [1.29, 1.82) is 0 Å². The Morgan fingerprint density at radius 2 is 1.64 bits per heavy atom. The Hall–Kier alpha value is -4.66. The standard InChI is InChI=1S/C27H24FN3O5/c1-17(26(32)29-22-12-8-7-11-21(22)28)36-27(33)25-20(16-31(30-25)19-9-5-4-6-10-19)18-13-14-23(34-2)24(15-18)35-3/h4-17H,1-3H3,(H,29,32). The van der Waals surface area contributed by atoms with Gasteiger partial charge in [0, 0.05) is 11.8 Å². The van der Waals surface area contributed by atoms with Crippen molar-refractivity contribution in [2.75, 3.05) is 19.5 Å². The van der Waals surface area contributed by atoms with Crippen molar-refractivity contribution < 1.29 is 28.2 Å². The Balaban J connectivity index is 1.65. The zero-order chi connectivity index (χ0) is 25.7. The van der Waals surface area contributed by atoms with Gasteiger partial charge < -0.3 is 19.5 Å². The number of carbonyl (C=O) groups excluding carboxylic acids is 2. The molecule has 4 rings (SSSR count). The second-order valence-corrected chi connectivity index (χ2v) is 7.76. The van der Waals surface area contributed by atoms with Gasteiger partial charge in [0.15, 0.2) is 23.3 Å². The van der Waals surface area contributed by atoms with Gasteiger partial charge in [-0.25, -0.2) is 13.9 Å². The molecule has 36 heavy (non-hydrogen) atoms. The lowest BCUT2D eigenvalue weighted by atomic mass is 10.1. The molecule has 0 bridgehead atoms. The number of nitrogens with one attached hydrogen (secondary N) is 1. The van der Waals surface area contributed by atoms with Crippen LogP contribution in [0, 0.1) is 5.82 Å². The minimum Gasteiger partial charge on any atom is -0.493 e. The van der Waals surface area contributed by atoms with E-state index in [1.165, 1.54) is 39.3 Å². The fourth-order valence-electron chi connectivity index (χ4n) is 3.52. The van der Waals surface area contributed by atoms with E-state index in [0.717, 1.165) is 5.69 Å². The van der Waals surface area contributed by atoms with Gasteiger partial charge in [-0.2, -0.15) is 5.10 Å². The first-order valence-electron chi connectivity index (χ1n) is 11.0. The minimum absolute atomic E-state index is 0.00313. The molecule has 1 unspecified atom stereocenters. The van der Waals surface area contributed by atoms with Gasteiger partial charge in [0.25, 0.3) is 5.91 Å². The van der Waals surface area contributed by atoms with Crippen LogP contribution in [0.25, 0.3) is 16.8 Å². The number of anilines is 1. The zero-order valence-corrected chi connectivity index (χ0v) is 19.9. The van der Waals surface area contributed by atoms with E-state index in [9.17, 15) is 14.0 Å². The Morgan fingerprint density at radius 1 is 0.944 bits per heavy atom. The van der Waals surface area contributed by atoms with Crippen molar-refractivity contribution in [3.05, 3.63) is 90.5 Å². The molecule has 0 aliphatic carbocycles. The monoisotopic (exact) mass is 489 g/mol. The summed E-state index contributed by atoms with van der Waals surface area (Å²) in [7, 11) is 3.04. The number of ether oxygens (including phenoxy) is 3. The number of benzene rings is 3. The highest BCUT2D eigenvalue weighted by atomic mass is 19.1. The Bertz CT molecular complexity index is 1390. The fraction of sp³-hybridized carbons (Fsp3) is 0.148. The van der Waals surface area contributed by atoms with Crippen molar-refractivity contribution in [2.24, 2.45) is 0 Å². The molecule has 1 aromatic heterocycles. The molecule has 0 spiro atoms. The molecule has 0 fully saturated rings. The summed E-state index contributed by atoms with van der Waals surface area (Å²) in [4.78, 5) is 25.7. The lowest BCUT2D eigenvalue weighted by molar-refractivity contribution is -0.123. The SMILES string of the molecule is COc1ccc(-c2cn(-c3ccccc3)nc2C(=O)OC(C)C(=O)Nc2ccccc2F)cc1OC. The van der Waals surface area contributed by atoms with Crippen LogP contribution in [0.4, 0.5) is 10.1 Å². The third-order valence-electron chi connectivity index (χ3n) is 5.41. The zero-order valence-electron chi connectivity index (χ0n) is 19.9. The number of para-hydroxylation sites is 2. The number of methoxy groups -OCH3 is 2. The third kappa shape index (κ3) is 5.20. The van der Waals surface area contributed by atoms with E-state index < -0.39 is 23.8 Å². The second-order valence-electron chi connectivity index (χ2n) is 7.76.